The third kappa shape index (κ3) is 3.68. The Hall–Kier alpha value is -3.80. The predicted molar refractivity (Wildman–Crippen MR) is 108 cm³/mol. The second-order valence-electron chi connectivity index (χ2n) is 7.24. The molecular weight excluding hydrogens is 424 g/mol. The maximum atomic E-state index is 13.2. The average molecular weight is 448 g/mol. The molecule has 12 heteroatoms. The number of aliphatic hydroxyl groups is 1. The van der Waals surface area contributed by atoms with Crippen LogP contribution < -0.4 is 24.8 Å². The lowest BCUT2D eigenvalue weighted by molar-refractivity contribution is -0.621. The summed E-state index contributed by atoms with van der Waals surface area (Å²) in [4.78, 5) is 37.2. The second-order valence-corrected chi connectivity index (χ2v) is 7.24. The summed E-state index contributed by atoms with van der Waals surface area (Å²) in [7, 11) is 2.62. The number of carbonyl (C=O) groups is 3. The van der Waals surface area contributed by atoms with Crippen LogP contribution in [0, 0.1) is 25.0 Å². The van der Waals surface area contributed by atoms with Crippen LogP contribution in [0.25, 0.3) is 0 Å². The van der Waals surface area contributed by atoms with Gasteiger partial charge in [0.15, 0.2) is 11.5 Å². The van der Waals surface area contributed by atoms with Gasteiger partial charge in [0, 0.05) is 13.8 Å². The highest BCUT2D eigenvalue weighted by Gasteiger charge is 2.47. The van der Waals surface area contributed by atoms with Crippen LogP contribution in [-0.2, 0) is 16.1 Å². The Morgan fingerprint density at radius 2 is 1.66 bits per heavy atom. The molecule has 1 aliphatic heterocycles. The summed E-state index contributed by atoms with van der Waals surface area (Å²) in [6.45, 7) is 2.95. The number of hydrogen-bond acceptors (Lipinski definition) is 8. The van der Waals surface area contributed by atoms with Crippen LogP contribution in [-0.4, -0.2) is 53.5 Å². The average Bonchev–Trinajstić information content (AvgIpc) is 2.95. The molecule has 0 spiro atoms. The monoisotopic (exact) mass is 448 g/mol. The maximum Gasteiger partial charge on any atom is 0.328 e. The van der Waals surface area contributed by atoms with Gasteiger partial charge in [0.05, 0.1) is 20.8 Å². The Kier molecular flexibility index (Phi) is 6.25. The Bertz CT molecular complexity index is 1050. The van der Waals surface area contributed by atoms with Crippen LogP contribution in [0.2, 0.25) is 0 Å². The lowest BCUT2D eigenvalue weighted by atomic mass is 9.82. The van der Waals surface area contributed by atoms with Crippen molar-refractivity contribution in [3.63, 3.8) is 0 Å². The number of carbonyl (C=O) groups excluding carboxylic acids is 3. The molecule has 0 radical (unpaired) electrons. The number of barbiturate groups is 1. The van der Waals surface area contributed by atoms with Gasteiger partial charge < -0.3 is 24.9 Å². The lowest BCUT2D eigenvalue weighted by Gasteiger charge is -2.28. The number of urea groups is 1. The molecule has 0 aliphatic carbocycles. The van der Waals surface area contributed by atoms with Crippen molar-refractivity contribution in [2.45, 2.75) is 26.3 Å². The third-order valence-corrected chi connectivity index (χ3v) is 5.55. The zero-order valence-electron chi connectivity index (χ0n) is 18.0. The minimum atomic E-state index is -1.52. The van der Waals surface area contributed by atoms with Crippen molar-refractivity contribution < 1.29 is 38.8 Å². The van der Waals surface area contributed by atoms with E-state index in [1.165, 1.54) is 30.9 Å². The molecular formula is C20H24N4O8. The minimum absolute atomic E-state index is 0.00602. The van der Waals surface area contributed by atoms with Crippen molar-refractivity contribution in [2.75, 3.05) is 20.8 Å². The van der Waals surface area contributed by atoms with Crippen LogP contribution in [0.5, 0.6) is 17.2 Å². The van der Waals surface area contributed by atoms with E-state index in [0.29, 0.717) is 16.1 Å². The Morgan fingerprint density at radius 1 is 1.12 bits per heavy atom. The zero-order valence-corrected chi connectivity index (χ0v) is 18.0. The smallest absolute Gasteiger partial charge is 0.328 e. The van der Waals surface area contributed by atoms with Crippen molar-refractivity contribution in [3.8, 4) is 17.2 Å². The summed E-state index contributed by atoms with van der Waals surface area (Å²) < 4.78 is 12.5. The third-order valence-electron chi connectivity index (χ3n) is 5.55. The van der Waals surface area contributed by atoms with Crippen LogP contribution in [0.3, 0.4) is 0 Å². The number of nitrogens with one attached hydrogen (secondary N) is 2. The summed E-state index contributed by atoms with van der Waals surface area (Å²) in [5.74, 6) is -4.87. The number of methoxy groups -OCH3 is 2. The number of nitrogens with zero attached hydrogens (tertiary/aromatic N) is 2. The van der Waals surface area contributed by atoms with Gasteiger partial charge >= 0.3 is 6.03 Å². The Labute approximate surface area is 182 Å². The summed E-state index contributed by atoms with van der Waals surface area (Å²) in [5.41, 5.74) is 1.07. The number of benzene rings is 1. The van der Waals surface area contributed by atoms with Gasteiger partial charge in [-0.3, -0.25) is 20.2 Å². The predicted octanol–water partition coefficient (Wildman–Crippen LogP) is -0.432. The van der Waals surface area contributed by atoms with Crippen LogP contribution >= 0.6 is 0 Å². The molecule has 1 aromatic carbocycles. The molecule has 0 saturated carbocycles. The van der Waals surface area contributed by atoms with E-state index >= 15 is 0 Å². The molecule has 1 aromatic heterocycles. The molecule has 172 valence electrons. The number of aliphatic hydroxyl groups excluding tert-OH is 1. The number of ether oxygens (including phenoxy) is 2. The van der Waals surface area contributed by atoms with Gasteiger partial charge in [-0.1, -0.05) is 0 Å². The number of hydrogen-bond donors (Lipinski definition) is 4. The summed E-state index contributed by atoms with van der Waals surface area (Å²) in [6.07, 6.45) is 0. The molecule has 12 nitrogen and oxygen atoms in total. The van der Waals surface area contributed by atoms with E-state index in [4.69, 9.17) is 9.47 Å². The van der Waals surface area contributed by atoms with Crippen molar-refractivity contribution in [1.29, 1.82) is 0 Å². The van der Waals surface area contributed by atoms with Gasteiger partial charge in [-0.15, -0.1) is 0 Å². The standard InChI is InChI=1S/C20H24N4O8/c1-9-10(2)24(30)19(23(9)5-6-25)14(15-17(27)21-20(29)22-18(15)28)11-7-12(31-3)16(26)13(8-11)32-4/h7-8,14-15,25-26H,5-6H2,1-4H3,(H2,21,22,27,28,29)/t14-/m0/s1. The van der Waals surface area contributed by atoms with E-state index in [0.717, 1.165) is 0 Å². The quantitative estimate of drug-likeness (QED) is 0.251. The van der Waals surface area contributed by atoms with Crippen LogP contribution in [0.15, 0.2) is 12.1 Å². The highest BCUT2D eigenvalue weighted by Crippen LogP contribution is 2.43. The van der Waals surface area contributed by atoms with E-state index in [2.05, 4.69) is 0 Å². The van der Waals surface area contributed by atoms with E-state index in [1.807, 2.05) is 10.6 Å². The van der Waals surface area contributed by atoms with Gasteiger partial charge in [0.2, 0.25) is 17.6 Å². The molecule has 2 heterocycles. The van der Waals surface area contributed by atoms with Crippen molar-refractivity contribution in [3.05, 3.63) is 40.1 Å². The van der Waals surface area contributed by atoms with Gasteiger partial charge in [-0.25, -0.2) is 14.1 Å². The molecule has 1 atom stereocenters. The topological polar surface area (TPSA) is 166 Å². The molecule has 1 fully saturated rings. The number of aromatic nitrogens is 2. The first-order valence-corrected chi connectivity index (χ1v) is 9.66. The second kappa shape index (κ2) is 8.75. The molecule has 1 aliphatic rings. The van der Waals surface area contributed by atoms with E-state index in [1.54, 1.807) is 13.8 Å². The molecule has 4 N–H and O–H groups in total. The number of imidazole rings is 1. The van der Waals surface area contributed by atoms with Crippen molar-refractivity contribution in [1.82, 2.24) is 15.2 Å². The van der Waals surface area contributed by atoms with Crippen LogP contribution in [0.4, 0.5) is 4.79 Å². The lowest BCUT2D eigenvalue weighted by Crippen LogP contribution is -2.58. The molecule has 2 aromatic rings. The molecule has 0 bridgehead atoms. The molecule has 32 heavy (non-hydrogen) atoms. The number of amides is 4. The normalized spacial score (nSPS) is 15.3. The highest BCUT2D eigenvalue weighted by molar-refractivity contribution is 6.16. The Morgan fingerprint density at radius 3 is 2.12 bits per heavy atom. The van der Waals surface area contributed by atoms with E-state index in [9.17, 15) is 29.8 Å². The number of imide groups is 2. The SMILES string of the molecule is COc1cc([C@H](c2n(CCO)c(C)c(C)[n+]2[O-])C2C(=O)NC(=O)NC2=O)cc(OC)c1O. The first kappa shape index (κ1) is 22.9. The minimum Gasteiger partial charge on any atom is -0.711 e. The van der Waals surface area contributed by atoms with Gasteiger partial charge in [0.1, 0.15) is 29.8 Å². The molecule has 4 amide bonds. The number of aromatic hydroxyl groups is 1. The van der Waals surface area contributed by atoms with E-state index < -0.39 is 29.7 Å². The number of phenols is 1. The maximum absolute atomic E-state index is 13.2. The fourth-order valence-electron chi connectivity index (χ4n) is 3.89. The largest absolute Gasteiger partial charge is 0.711 e. The highest BCUT2D eigenvalue weighted by atomic mass is 16.5. The van der Waals surface area contributed by atoms with Crippen molar-refractivity contribution >= 4 is 17.8 Å². The van der Waals surface area contributed by atoms with Crippen molar-refractivity contribution in [2.24, 2.45) is 5.92 Å². The summed E-state index contributed by atoms with van der Waals surface area (Å²) in [5, 5.41) is 37.1. The van der Waals surface area contributed by atoms with Gasteiger partial charge in [0.25, 0.3) is 5.82 Å². The van der Waals surface area contributed by atoms with Gasteiger partial charge in [-0.05, 0) is 17.7 Å². The molecule has 3 rings (SSSR count). The number of phenolic OH excluding ortho intramolecular Hbond substituents is 1. The number of rotatable bonds is 7. The fourth-order valence-corrected chi connectivity index (χ4v) is 3.89. The fraction of sp³-hybridized carbons (Fsp3) is 0.400. The van der Waals surface area contributed by atoms with E-state index in [-0.39, 0.29) is 41.8 Å². The molecule has 0 unspecified atom stereocenters. The summed E-state index contributed by atoms with van der Waals surface area (Å²) in [6, 6.07) is 1.78. The zero-order chi connectivity index (χ0) is 23.7. The van der Waals surface area contributed by atoms with Crippen LogP contribution in [0.1, 0.15) is 28.7 Å². The van der Waals surface area contributed by atoms with Gasteiger partial charge in [-0.2, -0.15) is 0 Å². The molecule has 1 saturated heterocycles. The first-order valence-electron chi connectivity index (χ1n) is 9.66. The summed E-state index contributed by atoms with van der Waals surface area (Å²) >= 11 is 0. The first-order chi connectivity index (χ1) is 15.2. The Balaban J connectivity index is 2.35.